The van der Waals surface area contributed by atoms with Gasteiger partial charge < -0.3 is 5.11 Å². The zero-order valence-electron chi connectivity index (χ0n) is 10.6. The first kappa shape index (κ1) is 15.0. The van der Waals surface area contributed by atoms with Crippen molar-refractivity contribution in [1.82, 2.24) is 0 Å². The molecule has 0 fully saturated rings. The number of carbonyl (C=O) groups is 1. The fraction of sp³-hybridized carbons (Fsp3) is 0.133. The van der Waals surface area contributed by atoms with Crippen molar-refractivity contribution < 1.29 is 27.5 Å². The number of halogens is 4. The molecule has 0 aromatic heterocycles. The lowest BCUT2D eigenvalue weighted by atomic mass is 9.93. The minimum atomic E-state index is -4.65. The second-order valence-corrected chi connectivity index (χ2v) is 4.41. The second kappa shape index (κ2) is 5.55. The SMILES string of the molecule is O=C(O)Cc1c(-c2ccc(F)cc2)cccc1C(F)(F)F. The Morgan fingerprint density at radius 2 is 1.67 bits per heavy atom. The summed E-state index contributed by atoms with van der Waals surface area (Å²) in [5.41, 5.74) is -0.859. The summed E-state index contributed by atoms with van der Waals surface area (Å²) >= 11 is 0. The molecule has 2 aromatic carbocycles. The summed E-state index contributed by atoms with van der Waals surface area (Å²) in [4.78, 5) is 10.9. The monoisotopic (exact) mass is 298 g/mol. The number of carboxylic acid groups (broad SMARTS) is 1. The first-order valence-corrected chi connectivity index (χ1v) is 5.96. The van der Waals surface area contributed by atoms with Crippen LogP contribution in [-0.4, -0.2) is 11.1 Å². The van der Waals surface area contributed by atoms with Crippen LogP contribution in [-0.2, 0) is 17.4 Å². The molecule has 0 unspecified atom stereocenters. The van der Waals surface area contributed by atoms with Gasteiger partial charge in [-0.2, -0.15) is 13.2 Å². The predicted molar refractivity (Wildman–Crippen MR) is 68.2 cm³/mol. The number of aliphatic carboxylic acids is 1. The molecule has 2 rings (SSSR count). The van der Waals surface area contributed by atoms with Gasteiger partial charge >= 0.3 is 12.1 Å². The number of rotatable bonds is 3. The van der Waals surface area contributed by atoms with Gasteiger partial charge in [-0.1, -0.05) is 24.3 Å². The van der Waals surface area contributed by atoms with Crippen molar-refractivity contribution in [2.24, 2.45) is 0 Å². The van der Waals surface area contributed by atoms with Gasteiger partial charge in [0.25, 0.3) is 0 Å². The lowest BCUT2D eigenvalue weighted by molar-refractivity contribution is -0.139. The molecule has 0 heterocycles. The van der Waals surface area contributed by atoms with E-state index in [1.54, 1.807) is 0 Å². The van der Waals surface area contributed by atoms with E-state index in [9.17, 15) is 22.4 Å². The molecule has 110 valence electrons. The maximum absolute atomic E-state index is 13.0. The van der Waals surface area contributed by atoms with Crippen molar-refractivity contribution in [1.29, 1.82) is 0 Å². The van der Waals surface area contributed by atoms with Crippen LogP contribution in [0.2, 0.25) is 0 Å². The summed E-state index contributed by atoms with van der Waals surface area (Å²) < 4.78 is 51.9. The molecule has 6 heteroatoms. The summed E-state index contributed by atoms with van der Waals surface area (Å²) in [6.07, 6.45) is -5.41. The fourth-order valence-electron chi connectivity index (χ4n) is 2.09. The lowest BCUT2D eigenvalue weighted by Crippen LogP contribution is -2.13. The number of hydrogen-bond donors (Lipinski definition) is 1. The van der Waals surface area contributed by atoms with Gasteiger partial charge in [-0.25, -0.2) is 4.39 Å². The lowest BCUT2D eigenvalue weighted by Gasteiger charge is -2.16. The largest absolute Gasteiger partial charge is 0.481 e. The molecule has 0 aliphatic rings. The van der Waals surface area contributed by atoms with Gasteiger partial charge in [0.15, 0.2) is 0 Å². The Morgan fingerprint density at radius 3 is 2.19 bits per heavy atom. The predicted octanol–water partition coefficient (Wildman–Crippen LogP) is 4.14. The number of alkyl halides is 3. The maximum Gasteiger partial charge on any atom is 0.416 e. The van der Waals surface area contributed by atoms with E-state index in [-0.39, 0.29) is 11.1 Å². The smallest absolute Gasteiger partial charge is 0.416 e. The minimum absolute atomic E-state index is 0.132. The van der Waals surface area contributed by atoms with Gasteiger partial charge in [0, 0.05) is 0 Å². The van der Waals surface area contributed by atoms with Crippen LogP contribution in [0.25, 0.3) is 11.1 Å². The van der Waals surface area contributed by atoms with Gasteiger partial charge in [-0.15, -0.1) is 0 Å². The van der Waals surface area contributed by atoms with Crippen molar-refractivity contribution in [3.05, 3.63) is 59.4 Å². The highest BCUT2D eigenvalue weighted by atomic mass is 19.4. The molecule has 0 saturated carbocycles. The number of carboxylic acids is 1. The molecular weight excluding hydrogens is 288 g/mol. The maximum atomic E-state index is 13.0. The highest BCUT2D eigenvalue weighted by molar-refractivity contribution is 5.78. The molecule has 1 N–H and O–H groups in total. The second-order valence-electron chi connectivity index (χ2n) is 4.41. The van der Waals surface area contributed by atoms with E-state index in [1.807, 2.05) is 0 Å². The molecule has 21 heavy (non-hydrogen) atoms. The van der Waals surface area contributed by atoms with Crippen molar-refractivity contribution in [2.45, 2.75) is 12.6 Å². The molecule has 0 aliphatic heterocycles. The number of benzene rings is 2. The Bertz CT molecular complexity index is 660. The Morgan fingerprint density at radius 1 is 1.05 bits per heavy atom. The first-order valence-electron chi connectivity index (χ1n) is 5.96. The molecule has 0 radical (unpaired) electrons. The summed E-state index contributed by atoms with van der Waals surface area (Å²) in [5.74, 6) is -1.89. The van der Waals surface area contributed by atoms with E-state index in [0.29, 0.717) is 5.56 Å². The zero-order valence-corrected chi connectivity index (χ0v) is 10.6. The topological polar surface area (TPSA) is 37.3 Å². The van der Waals surface area contributed by atoms with Crippen LogP contribution in [0, 0.1) is 5.82 Å². The molecule has 0 bridgehead atoms. The van der Waals surface area contributed by atoms with Crippen LogP contribution < -0.4 is 0 Å². The van der Waals surface area contributed by atoms with Crippen LogP contribution in [0.5, 0.6) is 0 Å². The zero-order chi connectivity index (χ0) is 15.6. The summed E-state index contributed by atoms with van der Waals surface area (Å²) in [6, 6.07) is 8.28. The van der Waals surface area contributed by atoms with Crippen LogP contribution >= 0.6 is 0 Å². The van der Waals surface area contributed by atoms with Gasteiger partial charge in [0.2, 0.25) is 0 Å². The van der Waals surface area contributed by atoms with E-state index >= 15 is 0 Å². The van der Waals surface area contributed by atoms with Crippen LogP contribution in [0.3, 0.4) is 0 Å². The Hall–Kier alpha value is -2.37. The third-order valence-corrected chi connectivity index (χ3v) is 2.96. The highest BCUT2D eigenvalue weighted by Crippen LogP contribution is 2.37. The van der Waals surface area contributed by atoms with Gasteiger partial charge in [-0.3, -0.25) is 4.79 Å². The Labute approximate surface area is 117 Å². The molecule has 2 aromatic rings. The van der Waals surface area contributed by atoms with Gasteiger partial charge in [-0.05, 0) is 34.9 Å². The van der Waals surface area contributed by atoms with Crippen molar-refractivity contribution in [2.75, 3.05) is 0 Å². The molecule has 0 spiro atoms. The van der Waals surface area contributed by atoms with Crippen LogP contribution in [0.4, 0.5) is 17.6 Å². The summed E-state index contributed by atoms with van der Waals surface area (Å²) in [6.45, 7) is 0. The molecule has 0 atom stereocenters. The summed E-state index contributed by atoms with van der Waals surface area (Å²) in [7, 11) is 0. The van der Waals surface area contributed by atoms with Crippen LogP contribution in [0.15, 0.2) is 42.5 Å². The Balaban J connectivity index is 2.65. The van der Waals surface area contributed by atoms with Gasteiger partial charge in [0.1, 0.15) is 5.82 Å². The average molecular weight is 298 g/mol. The quantitative estimate of drug-likeness (QED) is 0.865. The third kappa shape index (κ3) is 3.39. The first-order chi connectivity index (χ1) is 9.79. The Kier molecular flexibility index (Phi) is 3.97. The summed E-state index contributed by atoms with van der Waals surface area (Å²) in [5, 5.41) is 8.85. The van der Waals surface area contributed by atoms with E-state index in [4.69, 9.17) is 5.11 Å². The minimum Gasteiger partial charge on any atom is -0.481 e. The van der Waals surface area contributed by atoms with E-state index in [2.05, 4.69) is 0 Å². The molecule has 0 saturated heterocycles. The van der Waals surface area contributed by atoms with E-state index in [0.717, 1.165) is 18.2 Å². The van der Waals surface area contributed by atoms with Crippen molar-refractivity contribution >= 4 is 5.97 Å². The van der Waals surface area contributed by atoms with E-state index in [1.165, 1.54) is 24.3 Å². The molecule has 0 aliphatic carbocycles. The van der Waals surface area contributed by atoms with Gasteiger partial charge in [0.05, 0.1) is 12.0 Å². The average Bonchev–Trinajstić information content (AvgIpc) is 2.38. The molecule has 0 amide bonds. The van der Waals surface area contributed by atoms with Crippen molar-refractivity contribution in [3.63, 3.8) is 0 Å². The number of hydrogen-bond acceptors (Lipinski definition) is 1. The van der Waals surface area contributed by atoms with Crippen molar-refractivity contribution in [3.8, 4) is 11.1 Å². The van der Waals surface area contributed by atoms with Crippen LogP contribution in [0.1, 0.15) is 11.1 Å². The molecule has 2 nitrogen and oxygen atoms in total. The standard InChI is InChI=1S/C15H10F4O2/c16-10-6-4-9(5-7-10)11-2-1-3-13(15(17,18)19)12(11)8-14(20)21/h1-7H,8H2,(H,20,21). The fourth-order valence-corrected chi connectivity index (χ4v) is 2.09. The normalized spacial score (nSPS) is 11.4. The third-order valence-electron chi connectivity index (χ3n) is 2.96. The van der Waals surface area contributed by atoms with E-state index < -0.39 is 29.9 Å². The highest BCUT2D eigenvalue weighted by Gasteiger charge is 2.34. The molecular formula is C15H10F4O2.